The molecule has 0 atom stereocenters. The first-order chi connectivity index (χ1) is 14.0. The Balaban J connectivity index is 1.85. The lowest BCUT2D eigenvalue weighted by atomic mass is 10.2. The lowest BCUT2D eigenvalue weighted by molar-refractivity contribution is 1.03. The molecule has 0 amide bonds. The highest BCUT2D eigenvalue weighted by atomic mass is 35.5. The summed E-state index contributed by atoms with van der Waals surface area (Å²) in [6.07, 6.45) is 3.28. The second kappa shape index (κ2) is 7.89. The van der Waals surface area contributed by atoms with Crippen LogP contribution in [0.15, 0.2) is 76.6 Å². The monoisotopic (exact) mass is 402 g/mol. The molecule has 0 aliphatic carbocycles. The number of benzene rings is 2. The van der Waals surface area contributed by atoms with Crippen LogP contribution in [0, 0.1) is 13.8 Å². The van der Waals surface area contributed by atoms with Gasteiger partial charge in [-0.15, -0.1) is 0 Å². The second-order valence-electron chi connectivity index (χ2n) is 6.79. The van der Waals surface area contributed by atoms with Gasteiger partial charge in [-0.1, -0.05) is 35.4 Å². The summed E-state index contributed by atoms with van der Waals surface area (Å²) in [5.74, 6) is 0.447. The molecule has 0 radical (unpaired) electrons. The summed E-state index contributed by atoms with van der Waals surface area (Å²) in [7, 11) is 0. The molecule has 29 heavy (non-hydrogen) atoms. The number of nitrogens with one attached hydrogen (secondary N) is 1. The average molecular weight is 403 g/mol. The van der Waals surface area contributed by atoms with E-state index in [1.807, 2.05) is 62.4 Å². The van der Waals surface area contributed by atoms with Crippen LogP contribution >= 0.6 is 11.6 Å². The molecule has 0 saturated carbocycles. The Morgan fingerprint density at radius 2 is 1.76 bits per heavy atom. The highest BCUT2D eigenvalue weighted by molar-refractivity contribution is 6.30. The molecule has 6 heteroatoms. The normalized spacial score (nSPS) is 11.3. The molecule has 2 heterocycles. The van der Waals surface area contributed by atoms with Crippen molar-refractivity contribution in [2.24, 2.45) is 4.99 Å². The largest absolute Gasteiger partial charge is 0.339 e. The summed E-state index contributed by atoms with van der Waals surface area (Å²) >= 11 is 5.98. The van der Waals surface area contributed by atoms with Crippen molar-refractivity contribution in [1.82, 2.24) is 9.38 Å². The first-order valence-electron chi connectivity index (χ1n) is 9.16. The standard InChI is InChI=1S/C23H19ClN4O/c1-15-5-9-18(10-6-15)25-14-20-21(26-19-11-7-17(24)8-12-19)27-22-16(2)4-3-13-28(22)23(20)29/h3-14,26H,1-2H3. The number of aliphatic imine (C=N–C) groups is 1. The lowest BCUT2D eigenvalue weighted by Crippen LogP contribution is -2.22. The van der Waals surface area contributed by atoms with Gasteiger partial charge in [-0.2, -0.15) is 0 Å². The van der Waals surface area contributed by atoms with E-state index in [4.69, 9.17) is 16.6 Å². The van der Waals surface area contributed by atoms with E-state index >= 15 is 0 Å². The van der Waals surface area contributed by atoms with E-state index in [-0.39, 0.29) is 5.56 Å². The van der Waals surface area contributed by atoms with Crippen LogP contribution < -0.4 is 10.9 Å². The van der Waals surface area contributed by atoms with Crippen LogP contribution in [-0.4, -0.2) is 15.6 Å². The fourth-order valence-electron chi connectivity index (χ4n) is 2.96. The minimum atomic E-state index is -0.189. The summed E-state index contributed by atoms with van der Waals surface area (Å²) in [5, 5.41) is 3.87. The quantitative estimate of drug-likeness (QED) is 0.461. The van der Waals surface area contributed by atoms with Crippen molar-refractivity contribution in [3.8, 4) is 0 Å². The maximum absolute atomic E-state index is 13.2. The number of pyridine rings is 1. The first-order valence-corrected chi connectivity index (χ1v) is 9.54. The van der Waals surface area contributed by atoms with Gasteiger partial charge in [-0.05, 0) is 61.9 Å². The third kappa shape index (κ3) is 4.05. The molecule has 4 rings (SSSR count). The molecule has 0 fully saturated rings. The van der Waals surface area contributed by atoms with Crippen LogP contribution in [0.4, 0.5) is 17.2 Å². The van der Waals surface area contributed by atoms with Crippen molar-refractivity contribution in [1.29, 1.82) is 0 Å². The Morgan fingerprint density at radius 1 is 1.03 bits per heavy atom. The number of halogens is 1. The molecule has 0 unspecified atom stereocenters. The van der Waals surface area contributed by atoms with Crippen LogP contribution in [-0.2, 0) is 0 Å². The SMILES string of the molecule is Cc1ccc(N=Cc2c(Nc3ccc(Cl)cc3)nc3c(C)cccn3c2=O)cc1. The minimum Gasteiger partial charge on any atom is -0.339 e. The Hall–Kier alpha value is -3.44. The van der Waals surface area contributed by atoms with Crippen LogP contribution in [0.2, 0.25) is 5.02 Å². The molecule has 5 nitrogen and oxygen atoms in total. The Bertz CT molecular complexity index is 1260. The average Bonchev–Trinajstić information content (AvgIpc) is 2.71. The van der Waals surface area contributed by atoms with Crippen molar-refractivity contribution in [2.45, 2.75) is 13.8 Å². The van der Waals surface area contributed by atoms with Crippen molar-refractivity contribution in [3.63, 3.8) is 0 Å². The lowest BCUT2D eigenvalue weighted by Gasteiger charge is -2.12. The molecule has 144 valence electrons. The van der Waals surface area contributed by atoms with Crippen molar-refractivity contribution in [2.75, 3.05) is 5.32 Å². The molecule has 1 N–H and O–H groups in total. The van der Waals surface area contributed by atoms with Gasteiger partial charge in [0.2, 0.25) is 0 Å². The fourth-order valence-corrected chi connectivity index (χ4v) is 3.09. The number of nitrogens with zero attached hydrogens (tertiary/aromatic N) is 3. The maximum Gasteiger partial charge on any atom is 0.268 e. The summed E-state index contributed by atoms with van der Waals surface area (Å²) in [6, 6.07) is 18.8. The highest BCUT2D eigenvalue weighted by Crippen LogP contribution is 2.21. The number of aromatic nitrogens is 2. The van der Waals surface area contributed by atoms with Gasteiger partial charge in [0.15, 0.2) is 0 Å². The maximum atomic E-state index is 13.2. The summed E-state index contributed by atoms with van der Waals surface area (Å²) in [4.78, 5) is 22.4. The van der Waals surface area contributed by atoms with E-state index in [1.54, 1.807) is 28.9 Å². The molecular weight excluding hydrogens is 384 g/mol. The molecule has 0 saturated heterocycles. The zero-order chi connectivity index (χ0) is 20.4. The molecule has 0 aliphatic rings. The second-order valence-corrected chi connectivity index (χ2v) is 7.23. The van der Waals surface area contributed by atoms with E-state index < -0.39 is 0 Å². The Labute approximate surface area is 173 Å². The highest BCUT2D eigenvalue weighted by Gasteiger charge is 2.13. The molecule has 0 bridgehead atoms. The van der Waals surface area contributed by atoms with Gasteiger partial charge in [0.25, 0.3) is 5.56 Å². The predicted octanol–water partition coefficient (Wildman–Crippen LogP) is 5.46. The zero-order valence-corrected chi connectivity index (χ0v) is 16.8. The van der Waals surface area contributed by atoms with Gasteiger partial charge in [-0.3, -0.25) is 14.2 Å². The van der Waals surface area contributed by atoms with Gasteiger partial charge in [0.05, 0.1) is 5.69 Å². The number of hydrogen-bond acceptors (Lipinski definition) is 4. The number of rotatable bonds is 4. The third-order valence-corrected chi connectivity index (χ3v) is 4.82. The van der Waals surface area contributed by atoms with E-state index in [9.17, 15) is 4.79 Å². The smallest absolute Gasteiger partial charge is 0.268 e. The van der Waals surface area contributed by atoms with E-state index in [1.165, 1.54) is 0 Å². The molecule has 4 aromatic rings. The van der Waals surface area contributed by atoms with Crippen LogP contribution in [0.25, 0.3) is 5.65 Å². The van der Waals surface area contributed by atoms with Gasteiger partial charge in [-0.25, -0.2) is 4.98 Å². The minimum absolute atomic E-state index is 0.189. The topological polar surface area (TPSA) is 58.8 Å². The van der Waals surface area contributed by atoms with E-state index in [0.29, 0.717) is 22.1 Å². The first kappa shape index (κ1) is 18.9. The fraction of sp³-hybridized carbons (Fsp3) is 0.0870. The van der Waals surface area contributed by atoms with Crippen molar-refractivity contribution >= 4 is 40.7 Å². The predicted molar refractivity (Wildman–Crippen MR) is 119 cm³/mol. The summed E-state index contributed by atoms with van der Waals surface area (Å²) in [5.41, 5.74) is 4.39. The van der Waals surface area contributed by atoms with Gasteiger partial charge in [0, 0.05) is 23.1 Å². The molecule has 2 aromatic heterocycles. The van der Waals surface area contributed by atoms with Crippen LogP contribution in [0.1, 0.15) is 16.7 Å². The summed E-state index contributed by atoms with van der Waals surface area (Å²) in [6.45, 7) is 3.94. The van der Waals surface area contributed by atoms with Crippen molar-refractivity contribution < 1.29 is 0 Å². The van der Waals surface area contributed by atoms with E-state index in [2.05, 4.69) is 10.3 Å². The van der Waals surface area contributed by atoms with Gasteiger partial charge >= 0.3 is 0 Å². The molecular formula is C23H19ClN4O. The van der Waals surface area contributed by atoms with Gasteiger partial charge < -0.3 is 5.32 Å². The van der Waals surface area contributed by atoms with Crippen molar-refractivity contribution in [3.05, 3.63) is 98.9 Å². The Kier molecular flexibility index (Phi) is 5.14. The summed E-state index contributed by atoms with van der Waals surface area (Å²) < 4.78 is 1.54. The molecule has 2 aromatic carbocycles. The molecule has 0 aliphatic heterocycles. The third-order valence-electron chi connectivity index (χ3n) is 4.57. The number of anilines is 2. The van der Waals surface area contributed by atoms with E-state index in [0.717, 1.165) is 22.5 Å². The van der Waals surface area contributed by atoms with Crippen LogP contribution in [0.3, 0.4) is 0 Å². The zero-order valence-electron chi connectivity index (χ0n) is 16.1. The van der Waals surface area contributed by atoms with Crippen LogP contribution in [0.5, 0.6) is 0 Å². The number of aryl methyl sites for hydroxylation is 2. The Morgan fingerprint density at radius 3 is 2.48 bits per heavy atom. The number of hydrogen-bond donors (Lipinski definition) is 1. The van der Waals surface area contributed by atoms with Gasteiger partial charge in [0.1, 0.15) is 17.0 Å². The molecule has 0 spiro atoms. The number of fused-ring (bicyclic) bond motifs is 1.